The van der Waals surface area contributed by atoms with E-state index in [1.165, 1.54) is 12.1 Å². The maximum atomic E-state index is 6.00. The van der Waals surface area contributed by atoms with Crippen LogP contribution in [0, 0.1) is 5.41 Å². The normalized spacial score (nSPS) is 19.1. The average Bonchev–Trinajstić information content (AvgIpc) is 2.45. The zero-order chi connectivity index (χ0) is 14.6. The van der Waals surface area contributed by atoms with Crippen LogP contribution in [-0.4, -0.2) is 43.7 Å². The Balaban J connectivity index is 1.90. The van der Waals surface area contributed by atoms with Crippen molar-refractivity contribution in [2.24, 2.45) is 11.1 Å². The molecule has 0 aliphatic carbocycles. The molecule has 112 valence electrons. The average molecular weight is 275 g/mol. The molecule has 20 heavy (non-hydrogen) atoms. The van der Waals surface area contributed by atoms with E-state index in [1.807, 2.05) is 0 Å². The maximum absolute atomic E-state index is 6.00. The Morgan fingerprint density at radius 2 is 1.65 bits per heavy atom. The fourth-order valence-corrected chi connectivity index (χ4v) is 3.05. The molecule has 0 bridgehead atoms. The fraction of sp³-hybridized carbons (Fsp3) is 0.647. The number of para-hydroxylation sites is 1. The Kier molecular flexibility index (Phi) is 5.06. The van der Waals surface area contributed by atoms with Crippen LogP contribution in [0.25, 0.3) is 0 Å². The summed E-state index contributed by atoms with van der Waals surface area (Å²) < 4.78 is 0. The number of nitrogens with two attached hydrogens (primary N) is 1. The molecule has 1 unspecified atom stereocenters. The van der Waals surface area contributed by atoms with E-state index in [1.54, 1.807) is 0 Å². The van der Waals surface area contributed by atoms with Crippen molar-refractivity contribution in [3.63, 3.8) is 0 Å². The van der Waals surface area contributed by atoms with Crippen LogP contribution >= 0.6 is 0 Å². The van der Waals surface area contributed by atoms with Gasteiger partial charge in [-0.15, -0.1) is 0 Å². The third kappa shape index (κ3) is 4.22. The van der Waals surface area contributed by atoms with E-state index in [9.17, 15) is 0 Å². The van der Waals surface area contributed by atoms with Crippen LogP contribution in [0.15, 0.2) is 30.3 Å². The molecule has 0 spiro atoms. The molecule has 1 heterocycles. The van der Waals surface area contributed by atoms with Gasteiger partial charge in [-0.05, 0) is 24.0 Å². The summed E-state index contributed by atoms with van der Waals surface area (Å²) in [4.78, 5) is 5.05. The monoisotopic (exact) mass is 275 g/mol. The maximum Gasteiger partial charge on any atom is 0.0367 e. The van der Waals surface area contributed by atoms with Crippen LogP contribution in [0.1, 0.15) is 27.2 Å². The third-order valence-corrected chi connectivity index (χ3v) is 4.07. The van der Waals surface area contributed by atoms with E-state index in [0.29, 0.717) is 11.5 Å². The summed E-state index contributed by atoms with van der Waals surface area (Å²) in [6.45, 7) is 12.1. The molecule has 0 amide bonds. The highest BCUT2D eigenvalue weighted by Gasteiger charge is 2.26. The summed E-state index contributed by atoms with van der Waals surface area (Å²) in [6, 6.07) is 11.2. The van der Waals surface area contributed by atoms with Crippen molar-refractivity contribution >= 4 is 5.69 Å². The number of piperazine rings is 1. The van der Waals surface area contributed by atoms with Gasteiger partial charge < -0.3 is 10.6 Å². The Bertz CT molecular complexity index is 388. The molecule has 3 nitrogen and oxygen atoms in total. The summed E-state index contributed by atoms with van der Waals surface area (Å²) in [5.41, 5.74) is 7.69. The molecular weight excluding hydrogens is 246 g/mol. The zero-order valence-electron chi connectivity index (χ0n) is 13.2. The van der Waals surface area contributed by atoms with Gasteiger partial charge in [-0.1, -0.05) is 39.0 Å². The Morgan fingerprint density at radius 3 is 2.15 bits per heavy atom. The van der Waals surface area contributed by atoms with E-state index in [4.69, 9.17) is 5.73 Å². The minimum atomic E-state index is 0.348. The summed E-state index contributed by atoms with van der Waals surface area (Å²) in [6.07, 6.45) is 1.18. The first-order chi connectivity index (χ1) is 9.49. The molecule has 0 saturated carbocycles. The van der Waals surface area contributed by atoms with Gasteiger partial charge in [0.15, 0.2) is 0 Å². The minimum Gasteiger partial charge on any atom is -0.369 e. The predicted octanol–water partition coefficient (Wildman–Crippen LogP) is 2.57. The van der Waals surface area contributed by atoms with Gasteiger partial charge in [-0.25, -0.2) is 0 Å². The van der Waals surface area contributed by atoms with Gasteiger partial charge in [0, 0.05) is 44.5 Å². The van der Waals surface area contributed by atoms with E-state index in [-0.39, 0.29) is 0 Å². The lowest BCUT2D eigenvalue weighted by atomic mass is 9.87. The van der Waals surface area contributed by atoms with Gasteiger partial charge in [0.1, 0.15) is 0 Å². The standard InChI is InChI=1S/C17H29N3/c1-17(2,3)13-16(14-18)20-11-9-19(10-12-20)15-7-5-4-6-8-15/h4-8,16H,9-14,18H2,1-3H3. The summed E-state index contributed by atoms with van der Waals surface area (Å²) >= 11 is 0. The molecule has 2 N–H and O–H groups in total. The zero-order valence-corrected chi connectivity index (χ0v) is 13.2. The highest BCUT2D eigenvalue weighted by atomic mass is 15.3. The first-order valence-electron chi connectivity index (χ1n) is 7.74. The number of hydrogen-bond donors (Lipinski definition) is 1. The first-order valence-corrected chi connectivity index (χ1v) is 7.74. The van der Waals surface area contributed by atoms with Crippen molar-refractivity contribution in [3.8, 4) is 0 Å². The second-order valence-electron chi connectivity index (χ2n) is 7.01. The van der Waals surface area contributed by atoms with Crippen molar-refractivity contribution in [2.45, 2.75) is 33.2 Å². The topological polar surface area (TPSA) is 32.5 Å². The number of hydrogen-bond acceptors (Lipinski definition) is 3. The molecule has 1 aliphatic heterocycles. The molecular formula is C17H29N3. The molecule has 1 aromatic carbocycles. The lowest BCUT2D eigenvalue weighted by Crippen LogP contribution is -2.53. The van der Waals surface area contributed by atoms with E-state index in [2.05, 4.69) is 60.9 Å². The quantitative estimate of drug-likeness (QED) is 0.916. The molecule has 1 aromatic rings. The summed E-state index contributed by atoms with van der Waals surface area (Å²) in [7, 11) is 0. The Morgan fingerprint density at radius 1 is 1.05 bits per heavy atom. The third-order valence-electron chi connectivity index (χ3n) is 4.07. The van der Waals surface area contributed by atoms with E-state index in [0.717, 1.165) is 32.7 Å². The highest BCUT2D eigenvalue weighted by Crippen LogP contribution is 2.24. The van der Waals surface area contributed by atoms with Crippen molar-refractivity contribution in [3.05, 3.63) is 30.3 Å². The van der Waals surface area contributed by atoms with Gasteiger partial charge in [-0.2, -0.15) is 0 Å². The molecule has 1 saturated heterocycles. The number of benzene rings is 1. The van der Waals surface area contributed by atoms with Crippen LogP contribution in [0.4, 0.5) is 5.69 Å². The number of nitrogens with zero attached hydrogens (tertiary/aromatic N) is 2. The van der Waals surface area contributed by atoms with Crippen molar-refractivity contribution < 1.29 is 0 Å². The van der Waals surface area contributed by atoms with Gasteiger partial charge in [-0.3, -0.25) is 4.90 Å². The molecule has 0 radical (unpaired) electrons. The van der Waals surface area contributed by atoms with Gasteiger partial charge in [0.25, 0.3) is 0 Å². The summed E-state index contributed by atoms with van der Waals surface area (Å²) in [5.74, 6) is 0. The van der Waals surface area contributed by atoms with Crippen molar-refractivity contribution in [1.29, 1.82) is 0 Å². The van der Waals surface area contributed by atoms with Crippen LogP contribution in [-0.2, 0) is 0 Å². The smallest absolute Gasteiger partial charge is 0.0367 e. The van der Waals surface area contributed by atoms with Gasteiger partial charge in [0.2, 0.25) is 0 Å². The lowest BCUT2D eigenvalue weighted by Gasteiger charge is -2.41. The van der Waals surface area contributed by atoms with Crippen molar-refractivity contribution in [1.82, 2.24) is 4.90 Å². The molecule has 1 atom stereocenters. The van der Waals surface area contributed by atoms with Crippen molar-refractivity contribution in [2.75, 3.05) is 37.6 Å². The molecule has 1 aliphatic rings. The second kappa shape index (κ2) is 6.59. The molecule has 0 aromatic heterocycles. The first kappa shape index (κ1) is 15.3. The predicted molar refractivity (Wildman–Crippen MR) is 87.1 cm³/mol. The fourth-order valence-electron chi connectivity index (χ4n) is 3.05. The Hall–Kier alpha value is -1.06. The molecule has 2 rings (SSSR count). The second-order valence-corrected chi connectivity index (χ2v) is 7.01. The van der Waals surface area contributed by atoms with Crippen LogP contribution < -0.4 is 10.6 Å². The van der Waals surface area contributed by atoms with E-state index < -0.39 is 0 Å². The number of anilines is 1. The van der Waals surface area contributed by atoms with Gasteiger partial charge in [0.05, 0.1) is 0 Å². The largest absolute Gasteiger partial charge is 0.369 e. The summed E-state index contributed by atoms with van der Waals surface area (Å²) in [5, 5.41) is 0. The van der Waals surface area contributed by atoms with Crippen LogP contribution in [0.5, 0.6) is 0 Å². The minimum absolute atomic E-state index is 0.348. The SMILES string of the molecule is CC(C)(C)CC(CN)N1CCN(c2ccccc2)CC1. The highest BCUT2D eigenvalue weighted by molar-refractivity contribution is 5.46. The van der Waals surface area contributed by atoms with E-state index >= 15 is 0 Å². The number of rotatable bonds is 4. The van der Waals surface area contributed by atoms with Gasteiger partial charge >= 0.3 is 0 Å². The van der Waals surface area contributed by atoms with Crippen LogP contribution in [0.3, 0.4) is 0 Å². The Labute approximate surface area is 123 Å². The molecule has 3 heteroatoms. The lowest BCUT2D eigenvalue weighted by molar-refractivity contribution is 0.145. The molecule has 1 fully saturated rings. The van der Waals surface area contributed by atoms with Crippen LogP contribution in [0.2, 0.25) is 0 Å².